The predicted molar refractivity (Wildman–Crippen MR) is 84.1 cm³/mol. The smallest absolute Gasteiger partial charge is 0.261 e. The van der Waals surface area contributed by atoms with E-state index in [0.717, 1.165) is 10.6 Å². The largest absolute Gasteiger partial charge is 0.265 e. The quantitative estimate of drug-likeness (QED) is 0.583. The standard InChI is InChI=1S/C12H13Cl2NO5S2/c1-8-6-15(7-11(8)20-21(2,16)17)22(18,19)12-4-3-9(13)5-10(12)14/h3-5,11H,1,6-7H2,2H3. The topological polar surface area (TPSA) is 80.8 Å². The Hall–Kier alpha value is -0.640. The fourth-order valence-electron chi connectivity index (χ4n) is 2.02. The van der Waals surface area contributed by atoms with E-state index in [9.17, 15) is 16.8 Å². The molecule has 122 valence electrons. The Bertz CT molecular complexity index is 820. The van der Waals surface area contributed by atoms with E-state index in [1.165, 1.54) is 18.2 Å². The first kappa shape index (κ1) is 17.7. The Kier molecular flexibility index (Phi) is 4.91. The minimum atomic E-state index is -3.90. The van der Waals surface area contributed by atoms with Crippen LogP contribution in [0.5, 0.6) is 0 Å². The number of nitrogens with zero attached hydrogens (tertiary/aromatic N) is 1. The maximum Gasteiger partial charge on any atom is 0.265 e. The summed E-state index contributed by atoms with van der Waals surface area (Å²) < 4.78 is 53.4. The van der Waals surface area contributed by atoms with E-state index in [4.69, 9.17) is 27.4 Å². The van der Waals surface area contributed by atoms with Crippen LogP contribution < -0.4 is 0 Å². The SMILES string of the molecule is C=C1CN(S(=O)(=O)c2ccc(Cl)cc2Cl)CC1OS(C)(=O)=O. The summed E-state index contributed by atoms with van der Waals surface area (Å²) in [6.07, 6.45) is -0.0103. The van der Waals surface area contributed by atoms with Crippen LogP contribution in [0.1, 0.15) is 0 Å². The molecule has 1 unspecified atom stereocenters. The van der Waals surface area contributed by atoms with E-state index in [0.29, 0.717) is 10.6 Å². The molecular weight excluding hydrogens is 373 g/mol. The molecule has 1 aliphatic rings. The predicted octanol–water partition coefficient (Wildman–Crippen LogP) is 1.90. The van der Waals surface area contributed by atoms with Crippen LogP contribution in [0.2, 0.25) is 10.0 Å². The number of benzene rings is 1. The molecule has 0 aliphatic carbocycles. The molecule has 1 atom stereocenters. The molecule has 0 saturated carbocycles. The van der Waals surface area contributed by atoms with Crippen molar-refractivity contribution in [1.82, 2.24) is 4.31 Å². The first-order valence-corrected chi connectivity index (χ1v) is 10.0. The van der Waals surface area contributed by atoms with E-state index >= 15 is 0 Å². The molecule has 0 bridgehead atoms. The van der Waals surface area contributed by atoms with Gasteiger partial charge in [-0.1, -0.05) is 29.8 Å². The summed E-state index contributed by atoms with van der Waals surface area (Å²) in [6, 6.07) is 4.04. The van der Waals surface area contributed by atoms with E-state index in [1.54, 1.807) is 0 Å². The molecule has 0 radical (unpaired) electrons. The van der Waals surface area contributed by atoms with Crippen LogP contribution in [0.3, 0.4) is 0 Å². The molecule has 1 fully saturated rings. The molecule has 1 heterocycles. The van der Waals surface area contributed by atoms with Crippen molar-refractivity contribution >= 4 is 43.3 Å². The number of halogens is 2. The van der Waals surface area contributed by atoms with Crippen molar-refractivity contribution in [3.8, 4) is 0 Å². The zero-order valence-electron chi connectivity index (χ0n) is 11.5. The van der Waals surface area contributed by atoms with E-state index in [-0.39, 0.29) is 23.0 Å². The summed E-state index contributed by atoms with van der Waals surface area (Å²) in [6.45, 7) is 3.48. The van der Waals surface area contributed by atoms with Crippen LogP contribution in [-0.4, -0.2) is 46.6 Å². The monoisotopic (exact) mass is 385 g/mol. The van der Waals surface area contributed by atoms with E-state index < -0.39 is 26.2 Å². The molecular formula is C12H13Cl2NO5S2. The second kappa shape index (κ2) is 6.10. The van der Waals surface area contributed by atoms with Crippen molar-refractivity contribution in [2.24, 2.45) is 0 Å². The van der Waals surface area contributed by atoms with Gasteiger partial charge in [-0.05, 0) is 23.8 Å². The molecule has 6 nitrogen and oxygen atoms in total. The van der Waals surface area contributed by atoms with Crippen LogP contribution in [0.25, 0.3) is 0 Å². The molecule has 1 aromatic carbocycles. The average molecular weight is 386 g/mol. The van der Waals surface area contributed by atoms with Crippen molar-refractivity contribution in [3.63, 3.8) is 0 Å². The van der Waals surface area contributed by atoms with Gasteiger partial charge in [-0.2, -0.15) is 12.7 Å². The molecule has 10 heteroatoms. The average Bonchev–Trinajstić information content (AvgIpc) is 2.68. The Morgan fingerprint density at radius 3 is 2.45 bits per heavy atom. The number of sulfonamides is 1. The van der Waals surface area contributed by atoms with Crippen LogP contribution in [0, 0.1) is 0 Å². The van der Waals surface area contributed by atoms with Crippen LogP contribution in [0.4, 0.5) is 0 Å². The molecule has 1 aliphatic heterocycles. The summed E-state index contributed by atoms with van der Waals surface area (Å²) in [5.41, 5.74) is 0.360. The Morgan fingerprint density at radius 2 is 1.91 bits per heavy atom. The minimum absolute atomic E-state index is 0.00871. The van der Waals surface area contributed by atoms with Gasteiger partial charge in [-0.15, -0.1) is 0 Å². The summed E-state index contributed by atoms with van der Waals surface area (Å²) >= 11 is 11.7. The molecule has 1 aromatic rings. The van der Waals surface area contributed by atoms with Gasteiger partial charge in [0, 0.05) is 18.1 Å². The van der Waals surface area contributed by atoms with Gasteiger partial charge >= 0.3 is 0 Å². The highest BCUT2D eigenvalue weighted by Crippen LogP contribution is 2.31. The Labute approximate surface area is 139 Å². The maximum absolute atomic E-state index is 12.6. The minimum Gasteiger partial charge on any atom is -0.261 e. The molecule has 22 heavy (non-hydrogen) atoms. The fourth-order valence-corrected chi connectivity index (χ4v) is 4.83. The summed E-state index contributed by atoms with van der Waals surface area (Å²) in [4.78, 5) is -0.105. The Morgan fingerprint density at radius 1 is 1.27 bits per heavy atom. The van der Waals surface area contributed by atoms with Gasteiger partial charge in [-0.25, -0.2) is 8.42 Å². The molecule has 0 aromatic heterocycles. The number of hydrogen-bond donors (Lipinski definition) is 0. The fraction of sp³-hybridized carbons (Fsp3) is 0.333. The van der Waals surface area contributed by atoms with Gasteiger partial charge in [0.1, 0.15) is 11.0 Å². The highest BCUT2D eigenvalue weighted by molar-refractivity contribution is 7.89. The van der Waals surface area contributed by atoms with Gasteiger partial charge in [0.2, 0.25) is 10.0 Å². The highest BCUT2D eigenvalue weighted by Gasteiger charge is 2.37. The van der Waals surface area contributed by atoms with Crippen molar-refractivity contribution < 1.29 is 21.0 Å². The van der Waals surface area contributed by atoms with Gasteiger partial charge in [0.05, 0.1) is 11.3 Å². The third-order valence-corrected chi connectivity index (χ3v) is 6.12. The molecule has 0 N–H and O–H groups in total. The molecule has 2 rings (SSSR count). The summed E-state index contributed by atoms with van der Waals surface area (Å²) in [5, 5.41) is 0.304. The van der Waals surface area contributed by atoms with Crippen LogP contribution in [0.15, 0.2) is 35.2 Å². The lowest BCUT2D eigenvalue weighted by atomic mass is 10.2. The lowest BCUT2D eigenvalue weighted by Gasteiger charge is -2.17. The first-order valence-electron chi connectivity index (χ1n) is 6.02. The summed E-state index contributed by atoms with van der Waals surface area (Å²) in [7, 11) is -7.61. The normalized spacial score (nSPS) is 20.5. The molecule has 1 saturated heterocycles. The molecule has 0 spiro atoms. The van der Waals surface area contributed by atoms with Gasteiger partial charge in [0.25, 0.3) is 10.1 Å². The number of rotatable bonds is 4. The van der Waals surface area contributed by atoms with Crippen molar-refractivity contribution in [2.75, 3.05) is 19.3 Å². The van der Waals surface area contributed by atoms with Crippen LogP contribution >= 0.6 is 23.2 Å². The zero-order chi connectivity index (χ0) is 16.7. The van der Waals surface area contributed by atoms with Crippen molar-refractivity contribution in [2.45, 2.75) is 11.0 Å². The van der Waals surface area contributed by atoms with Gasteiger partial charge < -0.3 is 0 Å². The van der Waals surface area contributed by atoms with Gasteiger partial charge in [0.15, 0.2) is 0 Å². The third kappa shape index (κ3) is 3.81. The Balaban J connectivity index is 2.30. The lowest BCUT2D eigenvalue weighted by Crippen LogP contribution is -2.31. The third-order valence-electron chi connectivity index (χ3n) is 3.01. The van der Waals surface area contributed by atoms with Crippen LogP contribution in [-0.2, 0) is 24.3 Å². The first-order chi connectivity index (χ1) is 10.0. The number of hydrogen-bond acceptors (Lipinski definition) is 5. The lowest BCUT2D eigenvalue weighted by molar-refractivity contribution is 0.250. The second-order valence-corrected chi connectivity index (χ2v) is 9.17. The van der Waals surface area contributed by atoms with E-state index in [2.05, 4.69) is 6.58 Å². The highest BCUT2D eigenvalue weighted by atomic mass is 35.5. The van der Waals surface area contributed by atoms with Gasteiger partial charge in [-0.3, -0.25) is 4.18 Å². The zero-order valence-corrected chi connectivity index (χ0v) is 14.6. The van der Waals surface area contributed by atoms with Crippen molar-refractivity contribution in [3.05, 3.63) is 40.4 Å². The maximum atomic E-state index is 12.6. The second-order valence-electron chi connectivity index (χ2n) is 4.82. The summed E-state index contributed by atoms with van der Waals surface area (Å²) in [5.74, 6) is 0. The van der Waals surface area contributed by atoms with E-state index in [1.807, 2.05) is 0 Å². The van der Waals surface area contributed by atoms with Crippen molar-refractivity contribution in [1.29, 1.82) is 0 Å². The molecule has 0 amide bonds.